The van der Waals surface area contributed by atoms with E-state index in [4.69, 9.17) is 0 Å². The number of nitrogens with zero attached hydrogens (tertiary/aromatic N) is 1. The number of carbonyl (C=O) groups is 1. The van der Waals surface area contributed by atoms with Crippen molar-refractivity contribution in [1.82, 2.24) is 10.2 Å². The highest BCUT2D eigenvalue weighted by Gasteiger charge is 2.57. The van der Waals surface area contributed by atoms with Gasteiger partial charge in [-0.15, -0.1) is 6.58 Å². The molecule has 0 bridgehead atoms. The van der Waals surface area contributed by atoms with Crippen LogP contribution in [0.1, 0.15) is 24.9 Å². The van der Waals surface area contributed by atoms with Crippen molar-refractivity contribution in [2.24, 2.45) is 0 Å². The standard InChI is InChI=1S/C16H19F3N2O2/c1-3-5-20-13(8-21-9-16(21,4-2)15(22)23)10-6-11(17)14(19)12(18)7-10/h3,6-7,13,20H,1,4-5,8-9H2,2H3,(H,22,23)/t13-,16?,21+/m1/s1. The molecular weight excluding hydrogens is 309 g/mol. The zero-order chi connectivity index (χ0) is 17.2. The van der Waals surface area contributed by atoms with Crippen molar-refractivity contribution >= 4 is 5.97 Å². The molecule has 1 aliphatic rings. The maximum absolute atomic E-state index is 13.5. The molecule has 1 aromatic rings. The third-order valence-corrected chi connectivity index (χ3v) is 4.26. The second-order valence-corrected chi connectivity index (χ2v) is 5.62. The second-order valence-electron chi connectivity index (χ2n) is 5.62. The number of hydrogen-bond donors (Lipinski definition) is 2. The molecule has 1 fully saturated rings. The van der Waals surface area contributed by atoms with E-state index in [1.54, 1.807) is 17.9 Å². The van der Waals surface area contributed by atoms with Crippen molar-refractivity contribution in [2.45, 2.75) is 24.9 Å². The predicted molar refractivity (Wildman–Crippen MR) is 79.5 cm³/mol. The van der Waals surface area contributed by atoms with Crippen LogP contribution in [0.4, 0.5) is 13.2 Å². The molecule has 126 valence electrons. The minimum absolute atomic E-state index is 0.227. The molecule has 1 aromatic carbocycles. The Bertz CT molecular complexity index is 600. The number of hydrogen-bond acceptors (Lipinski definition) is 3. The summed E-state index contributed by atoms with van der Waals surface area (Å²) in [6.45, 7) is 6.33. The van der Waals surface area contributed by atoms with Gasteiger partial charge in [0.1, 0.15) is 5.54 Å². The number of rotatable bonds is 8. The highest BCUT2D eigenvalue weighted by Crippen LogP contribution is 2.37. The van der Waals surface area contributed by atoms with Gasteiger partial charge in [-0.1, -0.05) is 13.0 Å². The van der Waals surface area contributed by atoms with Crippen molar-refractivity contribution in [3.05, 3.63) is 47.8 Å². The van der Waals surface area contributed by atoms with Gasteiger partial charge in [0, 0.05) is 25.7 Å². The van der Waals surface area contributed by atoms with Crippen LogP contribution in [-0.4, -0.2) is 41.1 Å². The molecule has 3 atom stereocenters. The van der Waals surface area contributed by atoms with Crippen molar-refractivity contribution in [2.75, 3.05) is 19.6 Å². The van der Waals surface area contributed by atoms with E-state index in [-0.39, 0.29) is 12.1 Å². The Labute approximate surface area is 132 Å². The number of aliphatic carboxylic acids is 1. The summed E-state index contributed by atoms with van der Waals surface area (Å²) in [5, 5.41) is 12.3. The lowest BCUT2D eigenvalue weighted by Gasteiger charge is -2.21. The summed E-state index contributed by atoms with van der Waals surface area (Å²) in [4.78, 5) is 13.1. The lowest BCUT2D eigenvalue weighted by Crippen LogP contribution is -2.34. The Morgan fingerprint density at radius 3 is 2.52 bits per heavy atom. The van der Waals surface area contributed by atoms with E-state index >= 15 is 0 Å². The molecule has 1 saturated heterocycles. The average Bonchev–Trinajstić information content (AvgIpc) is 3.23. The molecule has 4 nitrogen and oxygen atoms in total. The number of benzene rings is 1. The molecule has 1 unspecified atom stereocenters. The van der Waals surface area contributed by atoms with Crippen LogP contribution in [0, 0.1) is 17.5 Å². The van der Waals surface area contributed by atoms with Crippen LogP contribution in [0.15, 0.2) is 24.8 Å². The highest BCUT2D eigenvalue weighted by molar-refractivity contribution is 5.82. The first-order valence-corrected chi connectivity index (χ1v) is 7.33. The first-order chi connectivity index (χ1) is 10.9. The normalized spacial score (nSPS) is 24.3. The van der Waals surface area contributed by atoms with Gasteiger partial charge in [0.15, 0.2) is 17.5 Å². The molecule has 0 radical (unpaired) electrons. The fraction of sp³-hybridized carbons (Fsp3) is 0.438. The number of halogens is 3. The fourth-order valence-electron chi connectivity index (χ4n) is 2.72. The predicted octanol–water partition coefficient (Wildman–Crippen LogP) is 2.47. The minimum atomic E-state index is -1.52. The van der Waals surface area contributed by atoms with Gasteiger partial charge in [-0.05, 0) is 24.1 Å². The maximum atomic E-state index is 13.5. The van der Waals surface area contributed by atoms with Crippen LogP contribution in [0.5, 0.6) is 0 Å². The average molecular weight is 328 g/mol. The van der Waals surface area contributed by atoms with Crippen LogP contribution in [-0.2, 0) is 4.79 Å². The quantitative estimate of drug-likeness (QED) is 0.437. The van der Waals surface area contributed by atoms with Crippen LogP contribution in [0.3, 0.4) is 0 Å². The van der Waals surface area contributed by atoms with Gasteiger partial charge < -0.3 is 10.4 Å². The maximum Gasteiger partial charge on any atom is 0.325 e. The summed E-state index contributed by atoms with van der Waals surface area (Å²) in [5.41, 5.74) is -0.698. The molecule has 0 aliphatic carbocycles. The Hall–Kier alpha value is -1.86. The van der Waals surface area contributed by atoms with E-state index < -0.39 is 35.0 Å². The first-order valence-electron chi connectivity index (χ1n) is 7.33. The van der Waals surface area contributed by atoms with E-state index in [1.807, 2.05) is 0 Å². The van der Waals surface area contributed by atoms with Crippen LogP contribution < -0.4 is 5.32 Å². The summed E-state index contributed by atoms with van der Waals surface area (Å²) < 4.78 is 40.0. The molecule has 1 heterocycles. The van der Waals surface area contributed by atoms with Crippen LogP contribution >= 0.6 is 0 Å². The molecular formula is C16H19F3N2O2. The minimum Gasteiger partial charge on any atom is -0.480 e. The van der Waals surface area contributed by atoms with E-state index in [2.05, 4.69) is 11.9 Å². The van der Waals surface area contributed by atoms with Gasteiger partial charge >= 0.3 is 5.97 Å². The van der Waals surface area contributed by atoms with Gasteiger partial charge in [-0.2, -0.15) is 0 Å². The highest BCUT2D eigenvalue weighted by atomic mass is 19.2. The topological polar surface area (TPSA) is 52.3 Å². The van der Waals surface area contributed by atoms with Crippen molar-refractivity contribution in [3.8, 4) is 0 Å². The fourth-order valence-corrected chi connectivity index (χ4v) is 2.72. The van der Waals surface area contributed by atoms with Crippen molar-refractivity contribution < 1.29 is 23.1 Å². The molecule has 0 amide bonds. The summed E-state index contributed by atoms with van der Waals surface area (Å²) in [6.07, 6.45) is 2.01. The van der Waals surface area contributed by atoms with E-state index in [0.717, 1.165) is 12.1 Å². The number of nitrogens with one attached hydrogen (secondary N) is 1. The van der Waals surface area contributed by atoms with E-state index in [0.29, 0.717) is 19.5 Å². The SMILES string of the molecule is C=CCN[C@H](C[N@@]1CC1(CC)C(=O)O)c1cc(F)c(F)c(F)c1. The van der Waals surface area contributed by atoms with Crippen LogP contribution in [0.2, 0.25) is 0 Å². The summed E-state index contributed by atoms with van der Waals surface area (Å²) >= 11 is 0. The molecule has 0 aromatic heterocycles. The monoisotopic (exact) mass is 328 g/mol. The zero-order valence-corrected chi connectivity index (χ0v) is 12.8. The molecule has 7 heteroatoms. The third kappa shape index (κ3) is 3.40. The van der Waals surface area contributed by atoms with Gasteiger partial charge in [0.2, 0.25) is 0 Å². The lowest BCUT2D eigenvalue weighted by molar-refractivity contribution is -0.141. The Kier molecular flexibility index (Phi) is 5.11. The van der Waals surface area contributed by atoms with Crippen molar-refractivity contribution in [3.63, 3.8) is 0 Å². The Balaban J connectivity index is 2.22. The van der Waals surface area contributed by atoms with E-state index in [9.17, 15) is 23.1 Å². The Morgan fingerprint density at radius 1 is 1.48 bits per heavy atom. The zero-order valence-electron chi connectivity index (χ0n) is 12.8. The molecule has 2 rings (SSSR count). The van der Waals surface area contributed by atoms with Gasteiger partial charge in [-0.3, -0.25) is 9.69 Å². The largest absolute Gasteiger partial charge is 0.480 e. The molecule has 23 heavy (non-hydrogen) atoms. The molecule has 2 N–H and O–H groups in total. The number of carboxylic acid groups (broad SMARTS) is 1. The van der Waals surface area contributed by atoms with Gasteiger partial charge in [0.05, 0.1) is 0 Å². The number of carboxylic acids is 1. The summed E-state index contributed by atoms with van der Waals surface area (Å²) in [7, 11) is 0. The smallest absolute Gasteiger partial charge is 0.325 e. The summed E-state index contributed by atoms with van der Waals surface area (Å²) in [6, 6.07) is 1.32. The third-order valence-electron chi connectivity index (χ3n) is 4.26. The van der Waals surface area contributed by atoms with Crippen molar-refractivity contribution in [1.29, 1.82) is 0 Å². The van der Waals surface area contributed by atoms with Crippen LogP contribution in [0.25, 0.3) is 0 Å². The first kappa shape index (κ1) is 17.5. The molecule has 0 spiro atoms. The molecule has 1 aliphatic heterocycles. The van der Waals surface area contributed by atoms with E-state index in [1.165, 1.54) is 0 Å². The van der Waals surface area contributed by atoms with Gasteiger partial charge in [0.25, 0.3) is 0 Å². The summed E-state index contributed by atoms with van der Waals surface area (Å²) in [5.74, 6) is -4.97. The van der Waals surface area contributed by atoms with Gasteiger partial charge in [-0.25, -0.2) is 13.2 Å². The Morgan fingerprint density at radius 2 is 2.09 bits per heavy atom. The molecule has 0 saturated carbocycles. The lowest BCUT2D eigenvalue weighted by atomic mass is 10.0. The second kappa shape index (κ2) is 6.72.